The molecule has 0 aliphatic carbocycles. The van der Waals surface area contributed by atoms with Gasteiger partial charge in [-0.25, -0.2) is 4.79 Å². The van der Waals surface area contributed by atoms with E-state index in [1.54, 1.807) is 30.3 Å². The minimum Gasteiger partial charge on any atom is -0.478 e. The lowest BCUT2D eigenvalue weighted by molar-refractivity contribution is 0.0699. The summed E-state index contributed by atoms with van der Waals surface area (Å²) < 4.78 is 0.726. The zero-order valence-electron chi connectivity index (χ0n) is 9.61. The van der Waals surface area contributed by atoms with Crippen molar-refractivity contribution in [2.45, 2.75) is 0 Å². The number of aromatic nitrogens is 1. The molecule has 94 valence electrons. The lowest BCUT2D eigenvalue weighted by Gasteiger charge is -2.06. The van der Waals surface area contributed by atoms with Crippen LogP contribution in [0.25, 0.3) is 21.8 Å². The van der Waals surface area contributed by atoms with Crippen LogP contribution in [0.4, 0.5) is 0 Å². The van der Waals surface area contributed by atoms with E-state index in [1.807, 2.05) is 0 Å². The van der Waals surface area contributed by atoms with Gasteiger partial charge in [0.25, 0.3) is 0 Å². The number of carbonyl (C=O) groups is 1. The Morgan fingerprint density at radius 2 is 1.68 bits per heavy atom. The maximum absolute atomic E-state index is 12.4. The number of benzene rings is 2. The van der Waals surface area contributed by atoms with E-state index >= 15 is 0 Å². The molecule has 0 saturated carbocycles. The molecule has 2 aromatic carbocycles. The van der Waals surface area contributed by atoms with Crippen molar-refractivity contribution < 1.29 is 9.90 Å². The molecule has 0 atom stereocenters. The van der Waals surface area contributed by atoms with E-state index < -0.39 is 5.97 Å². The van der Waals surface area contributed by atoms with Crippen LogP contribution in [-0.4, -0.2) is 16.1 Å². The maximum atomic E-state index is 12.4. The van der Waals surface area contributed by atoms with Crippen molar-refractivity contribution in [1.29, 1.82) is 0 Å². The molecule has 0 aliphatic rings. The molecule has 1 heterocycles. The second-order valence-corrected chi connectivity index (χ2v) is 5.00. The van der Waals surface area contributed by atoms with Gasteiger partial charge in [0.1, 0.15) is 0 Å². The number of halogens is 1. The summed E-state index contributed by atoms with van der Waals surface area (Å²) in [6.45, 7) is 0. The Balaban J connectivity index is 2.62. The Morgan fingerprint density at radius 3 is 2.37 bits per heavy atom. The third-order valence-corrected chi connectivity index (χ3v) is 3.71. The molecule has 19 heavy (non-hydrogen) atoms. The average Bonchev–Trinajstić information content (AvgIpc) is 2.39. The number of aromatic amines is 1. The standard InChI is InChI=1S/C14H8BrNO3/c15-10-6-2-4-8-12(10)16-11-7(13(8)17)3-1-5-9(11)14(18)19/h1-6H,(H,16,17)(H,18,19). The van der Waals surface area contributed by atoms with Crippen LogP contribution in [0.3, 0.4) is 0 Å². The maximum Gasteiger partial charge on any atom is 0.337 e. The molecule has 2 N–H and O–H groups in total. The number of hydrogen-bond donors (Lipinski definition) is 2. The molecule has 0 saturated heterocycles. The number of aromatic carboxylic acids is 1. The van der Waals surface area contributed by atoms with Crippen LogP contribution in [0.1, 0.15) is 10.4 Å². The van der Waals surface area contributed by atoms with Gasteiger partial charge in [-0.15, -0.1) is 0 Å². The van der Waals surface area contributed by atoms with Gasteiger partial charge in [-0.1, -0.05) is 12.1 Å². The number of rotatable bonds is 1. The van der Waals surface area contributed by atoms with Crippen molar-refractivity contribution in [1.82, 2.24) is 4.98 Å². The number of hydrogen-bond acceptors (Lipinski definition) is 2. The molecular weight excluding hydrogens is 310 g/mol. The predicted octanol–water partition coefficient (Wildman–Crippen LogP) is 3.14. The van der Waals surface area contributed by atoms with Gasteiger partial charge in [0.2, 0.25) is 0 Å². The third-order valence-electron chi connectivity index (χ3n) is 3.05. The van der Waals surface area contributed by atoms with Crippen LogP contribution in [0.15, 0.2) is 45.7 Å². The van der Waals surface area contributed by atoms with Crippen LogP contribution in [0, 0.1) is 0 Å². The van der Waals surface area contributed by atoms with Crippen LogP contribution in [0.2, 0.25) is 0 Å². The number of carboxylic acid groups (broad SMARTS) is 1. The molecule has 0 unspecified atom stereocenters. The molecule has 0 aliphatic heterocycles. The topological polar surface area (TPSA) is 70.2 Å². The summed E-state index contributed by atoms with van der Waals surface area (Å²) in [7, 11) is 0. The van der Waals surface area contributed by atoms with Crippen LogP contribution in [0.5, 0.6) is 0 Å². The summed E-state index contributed by atoms with van der Waals surface area (Å²) in [5.74, 6) is -1.06. The lowest BCUT2D eigenvalue weighted by Crippen LogP contribution is -2.08. The van der Waals surface area contributed by atoms with Crippen LogP contribution >= 0.6 is 15.9 Å². The first kappa shape index (κ1) is 11.9. The fourth-order valence-corrected chi connectivity index (χ4v) is 2.63. The van der Waals surface area contributed by atoms with E-state index in [4.69, 9.17) is 0 Å². The summed E-state index contributed by atoms with van der Waals surface area (Å²) >= 11 is 3.36. The second-order valence-electron chi connectivity index (χ2n) is 4.15. The summed E-state index contributed by atoms with van der Waals surface area (Å²) in [6.07, 6.45) is 0. The van der Waals surface area contributed by atoms with Crippen molar-refractivity contribution in [2.75, 3.05) is 0 Å². The largest absolute Gasteiger partial charge is 0.478 e. The smallest absolute Gasteiger partial charge is 0.337 e. The Kier molecular flexibility index (Phi) is 2.64. The third kappa shape index (κ3) is 1.74. The highest BCUT2D eigenvalue weighted by atomic mass is 79.9. The zero-order chi connectivity index (χ0) is 13.6. The van der Waals surface area contributed by atoms with Crippen molar-refractivity contribution in [2.24, 2.45) is 0 Å². The molecule has 0 amide bonds. The fraction of sp³-hybridized carbons (Fsp3) is 0. The van der Waals surface area contributed by atoms with E-state index in [1.165, 1.54) is 6.07 Å². The van der Waals surface area contributed by atoms with Crippen LogP contribution in [-0.2, 0) is 0 Å². The van der Waals surface area contributed by atoms with Gasteiger partial charge < -0.3 is 10.1 Å². The minimum atomic E-state index is -1.06. The van der Waals surface area contributed by atoms with E-state index in [2.05, 4.69) is 20.9 Å². The second kappa shape index (κ2) is 4.20. The molecule has 0 spiro atoms. The summed E-state index contributed by atoms with van der Waals surface area (Å²) in [5.41, 5.74) is 0.869. The van der Waals surface area contributed by atoms with Crippen molar-refractivity contribution in [3.8, 4) is 0 Å². The molecule has 5 heteroatoms. The molecule has 4 nitrogen and oxygen atoms in total. The first-order chi connectivity index (χ1) is 9.09. The minimum absolute atomic E-state index is 0.0900. The number of nitrogens with one attached hydrogen (secondary N) is 1. The highest BCUT2D eigenvalue weighted by molar-refractivity contribution is 9.10. The molecule has 3 rings (SSSR count). The van der Waals surface area contributed by atoms with E-state index in [-0.39, 0.29) is 11.0 Å². The van der Waals surface area contributed by atoms with E-state index in [9.17, 15) is 14.7 Å². The normalized spacial score (nSPS) is 11.0. The van der Waals surface area contributed by atoms with Crippen LogP contribution < -0.4 is 5.43 Å². The first-order valence-electron chi connectivity index (χ1n) is 5.56. The van der Waals surface area contributed by atoms with Gasteiger partial charge >= 0.3 is 5.97 Å². The Labute approximate surface area is 115 Å². The molecule has 0 bridgehead atoms. The summed E-state index contributed by atoms with van der Waals surface area (Å²) in [4.78, 5) is 26.6. The molecule has 0 radical (unpaired) electrons. The van der Waals surface area contributed by atoms with Crippen molar-refractivity contribution >= 4 is 43.7 Å². The Bertz CT molecular complexity index is 883. The Hall–Kier alpha value is -2.14. The molecule has 3 aromatic rings. The monoisotopic (exact) mass is 317 g/mol. The number of fused-ring (bicyclic) bond motifs is 2. The fourth-order valence-electron chi connectivity index (χ4n) is 2.16. The van der Waals surface area contributed by atoms with Gasteiger partial charge in [0, 0.05) is 15.2 Å². The highest BCUT2D eigenvalue weighted by Gasteiger charge is 2.13. The van der Waals surface area contributed by atoms with Gasteiger partial charge in [0.05, 0.1) is 16.6 Å². The molecule has 1 aromatic heterocycles. The van der Waals surface area contributed by atoms with Gasteiger partial charge in [-0.05, 0) is 40.2 Å². The number of para-hydroxylation sites is 2. The lowest BCUT2D eigenvalue weighted by atomic mass is 10.1. The number of H-pyrrole nitrogens is 1. The van der Waals surface area contributed by atoms with Gasteiger partial charge in [0.15, 0.2) is 5.43 Å². The number of carboxylic acids is 1. The first-order valence-corrected chi connectivity index (χ1v) is 6.35. The van der Waals surface area contributed by atoms with E-state index in [0.717, 1.165) is 4.47 Å². The quantitative estimate of drug-likeness (QED) is 0.677. The average molecular weight is 318 g/mol. The Morgan fingerprint density at radius 1 is 1.05 bits per heavy atom. The van der Waals surface area contributed by atoms with E-state index in [0.29, 0.717) is 21.8 Å². The van der Waals surface area contributed by atoms with Gasteiger partial charge in [-0.3, -0.25) is 4.79 Å². The summed E-state index contributed by atoms with van der Waals surface area (Å²) in [6, 6.07) is 9.96. The molecular formula is C14H8BrNO3. The summed E-state index contributed by atoms with van der Waals surface area (Å²) in [5, 5.41) is 10.1. The molecule has 0 fully saturated rings. The number of pyridine rings is 1. The van der Waals surface area contributed by atoms with Crippen molar-refractivity contribution in [3.63, 3.8) is 0 Å². The SMILES string of the molecule is O=C(O)c1cccc2c(=O)c3cccc(Br)c3[nH]c12. The van der Waals surface area contributed by atoms with Gasteiger partial charge in [-0.2, -0.15) is 0 Å². The van der Waals surface area contributed by atoms with Crippen molar-refractivity contribution in [3.05, 3.63) is 56.7 Å². The highest BCUT2D eigenvalue weighted by Crippen LogP contribution is 2.23. The zero-order valence-corrected chi connectivity index (χ0v) is 11.2. The predicted molar refractivity (Wildman–Crippen MR) is 76.7 cm³/mol.